The Morgan fingerprint density at radius 1 is 1.25 bits per heavy atom. The fourth-order valence-electron chi connectivity index (χ4n) is 2.28. The molecule has 1 rings (SSSR count). The Hall–Kier alpha value is -0.0400. The monoisotopic (exact) mass is 170 g/mol. The van der Waals surface area contributed by atoms with E-state index >= 15 is 0 Å². The lowest BCUT2D eigenvalue weighted by Crippen LogP contribution is -2.36. The zero-order chi connectivity index (χ0) is 9.03. The largest absolute Gasteiger partial charge is 0.390 e. The summed E-state index contributed by atoms with van der Waals surface area (Å²) >= 11 is 0. The summed E-state index contributed by atoms with van der Waals surface area (Å²) in [6, 6.07) is 0. The van der Waals surface area contributed by atoms with Crippen molar-refractivity contribution in [2.75, 3.05) is 0 Å². The van der Waals surface area contributed by atoms with Gasteiger partial charge < -0.3 is 5.11 Å². The Morgan fingerprint density at radius 2 is 1.92 bits per heavy atom. The summed E-state index contributed by atoms with van der Waals surface area (Å²) in [5.74, 6) is 0.503. The number of aliphatic hydroxyl groups is 1. The highest BCUT2D eigenvalue weighted by Gasteiger charge is 2.31. The minimum atomic E-state index is -0.347. The standard InChI is InChI=1S/C11H22O/c1-3-11(12)9-7-5-4-6-8-10(11)2/h10,12H,3-9H2,1-2H3/t10-,11-/m0/s1. The summed E-state index contributed by atoms with van der Waals surface area (Å²) in [6.07, 6.45) is 8.36. The average Bonchev–Trinajstić information content (AvgIpc) is 2.07. The van der Waals surface area contributed by atoms with Gasteiger partial charge in [0.2, 0.25) is 0 Å². The van der Waals surface area contributed by atoms with Crippen LogP contribution in [0.25, 0.3) is 0 Å². The Kier molecular flexibility index (Phi) is 3.57. The van der Waals surface area contributed by atoms with Crippen molar-refractivity contribution in [3.8, 4) is 0 Å². The van der Waals surface area contributed by atoms with E-state index in [1.54, 1.807) is 0 Å². The molecule has 12 heavy (non-hydrogen) atoms. The van der Waals surface area contributed by atoms with Crippen LogP contribution in [-0.2, 0) is 0 Å². The first kappa shape index (κ1) is 10.0. The maximum Gasteiger partial charge on any atom is 0.0670 e. The fraction of sp³-hybridized carbons (Fsp3) is 1.00. The van der Waals surface area contributed by atoms with E-state index < -0.39 is 0 Å². The Balaban J connectivity index is 2.54. The Morgan fingerprint density at radius 3 is 2.58 bits per heavy atom. The number of rotatable bonds is 1. The van der Waals surface area contributed by atoms with Gasteiger partial charge in [0.15, 0.2) is 0 Å². The summed E-state index contributed by atoms with van der Waals surface area (Å²) < 4.78 is 0. The molecule has 1 heteroatoms. The van der Waals surface area contributed by atoms with Crippen molar-refractivity contribution < 1.29 is 5.11 Å². The Labute approximate surface area is 76.2 Å². The van der Waals surface area contributed by atoms with Crippen LogP contribution in [0, 0.1) is 5.92 Å². The van der Waals surface area contributed by atoms with Crippen molar-refractivity contribution in [2.24, 2.45) is 5.92 Å². The third-order valence-electron chi connectivity index (χ3n) is 3.53. The third kappa shape index (κ3) is 2.22. The van der Waals surface area contributed by atoms with Gasteiger partial charge in [0.05, 0.1) is 5.60 Å². The quantitative estimate of drug-likeness (QED) is 0.641. The van der Waals surface area contributed by atoms with Gasteiger partial charge in [0.1, 0.15) is 0 Å². The second kappa shape index (κ2) is 4.27. The number of hydrogen-bond donors (Lipinski definition) is 1. The second-order valence-corrected chi connectivity index (χ2v) is 4.31. The first-order chi connectivity index (χ1) is 5.69. The van der Waals surface area contributed by atoms with Crippen LogP contribution in [0.3, 0.4) is 0 Å². The van der Waals surface area contributed by atoms with Crippen LogP contribution >= 0.6 is 0 Å². The maximum absolute atomic E-state index is 10.3. The minimum Gasteiger partial charge on any atom is -0.390 e. The molecule has 1 aliphatic carbocycles. The molecule has 0 aromatic rings. The van der Waals surface area contributed by atoms with E-state index in [1.807, 2.05) is 0 Å². The Bertz CT molecular complexity index is 133. The van der Waals surface area contributed by atoms with Gasteiger partial charge in [-0.1, -0.05) is 39.5 Å². The van der Waals surface area contributed by atoms with E-state index in [1.165, 1.54) is 32.1 Å². The van der Waals surface area contributed by atoms with E-state index in [2.05, 4.69) is 13.8 Å². The molecule has 0 spiro atoms. The van der Waals surface area contributed by atoms with Gasteiger partial charge in [-0.2, -0.15) is 0 Å². The van der Waals surface area contributed by atoms with Crippen molar-refractivity contribution in [1.29, 1.82) is 0 Å². The van der Waals surface area contributed by atoms with Crippen molar-refractivity contribution in [2.45, 2.75) is 64.4 Å². The van der Waals surface area contributed by atoms with Gasteiger partial charge in [0, 0.05) is 0 Å². The lowest BCUT2D eigenvalue weighted by atomic mass is 9.77. The highest BCUT2D eigenvalue weighted by atomic mass is 16.3. The molecule has 1 aliphatic rings. The SMILES string of the molecule is CC[C@]1(O)CCCCCC[C@@H]1C. The first-order valence-electron chi connectivity index (χ1n) is 5.41. The molecule has 0 aromatic heterocycles. The molecule has 0 unspecified atom stereocenters. The topological polar surface area (TPSA) is 20.2 Å². The highest BCUT2D eigenvalue weighted by Crippen LogP contribution is 2.33. The molecule has 1 saturated carbocycles. The first-order valence-corrected chi connectivity index (χ1v) is 5.41. The molecular formula is C11H22O. The molecule has 1 fully saturated rings. The third-order valence-corrected chi connectivity index (χ3v) is 3.53. The average molecular weight is 170 g/mol. The van der Waals surface area contributed by atoms with Gasteiger partial charge in [0.25, 0.3) is 0 Å². The van der Waals surface area contributed by atoms with Crippen molar-refractivity contribution >= 4 is 0 Å². The van der Waals surface area contributed by atoms with Crippen molar-refractivity contribution in [1.82, 2.24) is 0 Å². The molecule has 0 saturated heterocycles. The van der Waals surface area contributed by atoms with Crippen LogP contribution in [0.5, 0.6) is 0 Å². The van der Waals surface area contributed by atoms with E-state index in [9.17, 15) is 5.11 Å². The van der Waals surface area contributed by atoms with Gasteiger partial charge in [-0.25, -0.2) is 0 Å². The normalized spacial score (nSPS) is 38.8. The van der Waals surface area contributed by atoms with Crippen LogP contribution in [-0.4, -0.2) is 10.7 Å². The summed E-state index contributed by atoms with van der Waals surface area (Å²) in [7, 11) is 0. The van der Waals surface area contributed by atoms with Crippen LogP contribution < -0.4 is 0 Å². The molecule has 1 N–H and O–H groups in total. The van der Waals surface area contributed by atoms with Gasteiger partial charge >= 0.3 is 0 Å². The number of hydrogen-bond acceptors (Lipinski definition) is 1. The van der Waals surface area contributed by atoms with Crippen molar-refractivity contribution in [3.63, 3.8) is 0 Å². The highest BCUT2D eigenvalue weighted by molar-refractivity contribution is 4.83. The lowest BCUT2D eigenvalue weighted by molar-refractivity contribution is -0.0326. The van der Waals surface area contributed by atoms with Gasteiger partial charge in [-0.05, 0) is 25.2 Å². The smallest absolute Gasteiger partial charge is 0.0670 e. The maximum atomic E-state index is 10.3. The lowest BCUT2D eigenvalue weighted by Gasteiger charge is -2.35. The van der Waals surface area contributed by atoms with E-state index in [0.29, 0.717) is 5.92 Å². The molecule has 0 amide bonds. The zero-order valence-corrected chi connectivity index (χ0v) is 8.47. The van der Waals surface area contributed by atoms with Crippen LogP contribution in [0.15, 0.2) is 0 Å². The zero-order valence-electron chi connectivity index (χ0n) is 8.47. The molecule has 72 valence electrons. The summed E-state index contributed by atoms with van der Waals surface area (Å²) in [6.45, 7) is 4.31. The van der Waals surface area contributed by atoms with Gasteiger partial charge in [-0.15, -0.1) is 0 Å². The summed E-state index contributed by atoms with van der Waals surface area (Å²) in [5.41, 5.74) is -0.347. The second-order valence-electron chi connectivity index (χ2n) is 4.31. The fourth-order valence-corrected chi connectivity index (χ4v) is 2.28. The van der Waals surface area contributed by atoms with E-state index in [-0.39, 0.29) is 5.60 Å². The van der Waals surface area contributed by atoms with Crippen LogP contribution in [0.4, 0.5) is 0 Å². The van der Waals surface area contributed by atoms with Crippen molar-refractivity contribution in [3.05, 3.63) is 0 Å². The molecule has 0 radical (unpaired) electrons. The van der Waals surface area contributed by atoms with Crippen LogP contribution in [0.1, 0.15) is 58.8 Å². The molecule has 0 heterocycles. The predicted octanol–water partition coefficient (Wildman–Crippen LogP) is 3.12. The molecule has 0 bridgehead atoms. The summed E-state index contributed by atoms with van der Waals surface area (Å²) in [5, 5.41) is 10.3. The van der Waals surface area contributed by atoms with Gasteiger partial charge in [-0.3, -0.25) is 0 Å². The molecule has 2 atom stereocenters. The molecular weight excluding hydrogens is 148 g/mol. The van der Waals surface area contributed by atoms with Crippen LogP contribution in [0.2, 0.25) is 0 Å². The summed E-state index contributed by atoms with van der Waals surface area (Å²) in [4.78, 5) is 0. The van der Waals surface area contributed by atoms with E-state index in [4.69, 9.17) is 0 Å². The predicted molar refractivity (Wildman–Crippen MR) is 52.1 cm³/mol. The molecule has 0 aromatic carbocycles. The molecule has 1 nitrogen and oxygen atoms in total. The minimum absolute atomic E-state index is 0.347. The van der Waals surface area contributed by atoms with E-state index in [0.717, 1.165) is 12.8 Å². The molecule has 0 aliphatic heterocycles.